The second-order valence-corrected chi connectivity index (χ2v) is 5.82. The Labute approximate surface area is 126 Å². The third-order valence-corrected chi connectivity index (χ3v) is 4.16. The minimum atomic E-state index is -0.919. The van der Waals surface area contributed by atoms with Crippen LogP contribution in [-0.4, -0.2) is 17.0 Å². The molecule has 2 atom stereocenters. The van der Waals surface area contributed by atoms with E-state index in [1.807, 2.05) is 37.3 Å². The molecule has 20 heavy (non-hydrogen) atoms. The highest BCUT2D eigenvalue weighted by molar-refractivity contribution is 9.10. The minimum Gasteiger partial charge on any atom is -0.481 e. The van der Waals surface area contributed by atoms with Gasteiger partial charge in [0.1, 0.15) is 0 Å². The van der Waals surface area contributed by atoms with Gasteiger partial charge in [-0.2, -0.15) is 0 Å². The number of carbonyl (C=O) groups is 2. The second kappa shape index (κ2) is 6.22. The summed E-state index contributed by atoms with van der Waals surface area (Å²) < 4.78 is 0.787. The molecule has 1 aromatic carbocycles. The highest BCUT2D eigenvalue weighted by atomic mass is 79.9. The number of hydrogen-bond donors (Lipinski definition) is 2. The van der Waals surface area contributed by atoms with Crippen LogP contribution in [-0.2, 0) is 9.59 Å². The SMILES string of the molecule is Cc1ccc(Br)c(NC(=O)[C@@H]2CC=CC[C@@H]2C(=O)O)c1. The van der Waals surface area contributed by atoms with Gasteiger partial charge >= 0.3 is 5.97 Å². The van der Waals surface area contributed by atoms with E-state index in [9.17, 15) is 14.7 Å². The highest BCUT2D eigenvalue weighted by Crippen LogP contribution is 2.29. The number of carboxylic acid groups (broad SMARTS) is 1. The summed E-state index contributed by atoms with van der Waals surface area (Å²) >= 11 is 3.38. The molecular formula is C15H16BrNO3. The van der Waals surface area contributed by atoms with Crippen LogP contribution in [0.3, 0.4) is 0 Å². The summed E-state index contributed by atoms with van der Waals surface area (Å²) in [6.45, 7) is 1.94. The van der Waals surface area contributed by atoms with Gasteiger partial charge in [-0.1, -0.05) is 18.2 Å². The molecule has 0 saturated heterocycles. The zero-order valence-corrected chi connectivity index (χ0v) is 12.7. The van der Waals surface area contributed by atoms with Gasteiger partial charge in [0.15, 0.2) is 0 Å². The smallest absolute Gasteiger partial charge is 0.307 e. The van der Waals surface area contributed by atoms with Crippen molar-refractivity contribution in [2.75, 3.05) is 5.32 Å². The molecule has 0 saturated carbocycles. The van der Waals surface area contributed by atoms with Gasteiger partial charge in [0.2, 0.25) is 5.91 Å². The molecule has 106 valence electrons. The molecule has 0 aliphatic heterocycles. The fourth-order valence-electron chi connectivity index (χ4n) is 2.34. The summed E-state index contributed by atoms with van der Waals surface area (Å²) in [5.41, 5.74) is 1.70. The van der Waals surface area contributed by atoms with E-state index >= 15 is 0 Å². The normalized spacial score (nSPS) is 21.5. The zero-order chi connectivity index (χ0) is 14.7. The van der Waals surface area contributed by atoms with Crippen molar-refractivity contribution in [1.29, 1.82) is 0 Å². The number of nitrogens with one attached hydrogen (secondary N) is 1. The number of allylic oxidation sites excluding steroid dienone is 2. The van der Waals surface area contributed by atoms with Crippen LogP contribution in [0.5, 0.6) is 0 Å². The third-order valence-electron chi connectivity index (χ3n) is 3.47. The molecule has 2 rings (SSSR count). The maximum atomic E-state index is 12.3. The molecule has 0 aromatic heterocycles. The summed E-state index contributed by atoms with van der Waals surface area (Å²) in [4.78, 5) is 23.5. The Morgan fingerprint density at radius 2 is 1.90 bits per heavy atom. The number of carbonyl (C=O) groups excluding carboxylic acids is 1. The summed E-state index contributed by atoms with van der Waals surface area (Å²) in [5, 5.41) is 12.0. The van der Waals surface area contributed by atoms with Crippen molar-refractivity contribution in [3.05, 3.63) is 40.4 Å². The lowest BCUT2D eigenvalue weighted by molar-refractivity contribution is -0.146. The van der Waals surface area contributed by atoms with Crippen LogP contribution in [0.25, 0.3) is 0 Å². The largest absolute Gasteiger partial charge is 0.481 e. The fourth-order valence-corrected chi connectivity index (χ4v) is 2.68. The lowest BCUT2D eigenvalue weighted by Gasteiger charge is -2.24. The van der Waals surface area contributed by atoms with Crippen LogP contribution in [0.2, 0.25) is 0 Å². The van der Waals surface area contributed by atoms with Crippen molar-refractivity contribution in [3.63, 3.8) is 0 Å². The first-order valence-corrected chi connectivity index (χ1v) is 7.23. The number of halogens is 1. The molecule has 0 fully saturated rings. The van der Waals surface area contributed by atoms with Gasteiger partial charge in [0, 0.05) is 4.47 Å². The minimum absolute atomic E-state index is 0.243. The first kappa shape index (κ1) is 14.8. The lowest BCUT2D eigenvalue weighted by Crippen LogP contribution is -2.34. The van der Waals surface area contributed by atoms with E-state index in [0.717, 1.165) is 10.0 Å². The number of benzene rings is 1. The van der Waals surface area contributed by atoms with E-state index in [2.05, 4.69) is 21.2 Å². The maximum Gasteiger partial charge on any atom is 0.307 e. The maximum absolute atomic E-state index is 12.3. The van der Waals surface area contributed by atoms with Crippen molar-refractivity contribution in [2.45, 2.75) is 19.8 Å². The van der Waals surface area contributed by atoms with Crippen LogP contribution >= 0.6 is 15.9 Å². The number of carboxylic acids is 1. The van der Waals surface area contributed by atoms with Gasteiger partial charge in [-0.15, -0.1) is 0 Å². The van der Waals surface area contributed by atoms with E-state index in [1.165, 1.54) is 0 Å². The molecule has 4 nitrogen and oxygen atoms in total. The average Bonchev–Trinajstić information content (AvgIpc) is 2.42. The van der Waals surface area contributed by atoms with Crippen LogP contribution in [0.1, 0.15) is 18.4 Å². The Balaban J connectivity index is 2.16. The quantitative estimate of drug-likeness (QED) is 0.831. The molecule has 1 amide bonds. The van der Waals surface area contributed by atoms with Gasteiger partial charge in [-0.05, 0) is 53.4 Å². The van der Waals surface area contributed by atoms with Crippen molar-refractivity contribution in [1.82, 2.24) is 0 Å². The Kier molecular flexibility index (Phi) is 4.60. The van der Waals surface area contributed by atoms with Crippen molar-refractivity contribution >= 4 is 33.5 Å². The van der Waals surface area contributed by atoms with Crippen LogP contribution in [0, 0.1) is 18.8 Å². The number of rotatable bonds is 3. The van der Waals surface area contributed by atoms with Crippen LogP contribution < -0.4 is 5.32 Å². The third kappa shape index (κ3) is 3.28. The van der Waals surface area contributed by atoms with Crippen molar-refractivity contribution in [3.8, 4) is 0 Å². The predicted octanol–water partition coefficient (Wildman–Crippen LogP) is 3.36. The summed E-state index contributed by atoms with van der Waals surface area (Å²) in [7, 11) is 0. The molecule has 0 unspecified atom stereocenters. The summed E-state index contributed by atoms with van der Waals surface area (Å²) in [6.07, 6.45) is 4.56. The molecule has 0 radical (unpaired) electrons. The van der Waals surface area contributed by atoms with E-state index in [-0.39, 0.29) is 5.91 Å². The highest BCUT2D eigenvalue weighted by Gasteiger charge is 2.34. The molecule has 2 N–H and O–H groups in total. The molecule has 1 aliphatic rings. The average molecular weight is 338 g/mol. The molecule has 0 bridgehead atoms. The predicted molar refractivity (Wildman–Crippen MR) is 80.5 cm³/mol. The fraction of sp³-hybridized carbons (Fsp3) is 0.333. The molecule has 0 spiro atoms. The first-order valence-electron chi connectivity index (χ1n) is 6.44. The summed E-state index contributed by atoms with van der Waals surface area (Å²) in [5.74, 6) is -2.33. The Morgan fingerprint density at radius 1 is 1.25 bits per heavy atom. The molecular weight excluding hydrogens is 322 g/mol. The number of hydrogen-bond acceptors (Lipinski definition) is 2. The topological polar surface area (TPSA) is 66.4 Å². The van der Waals surface area contributed by atoms with Crippen molar-refractivity contribution in [2.24, 2.45) is 11.8 Å². The first-order chi connectivity index (χ1) is 9.49. The Bertz CT molecular complexity index is 568. The number of aliphatic carboxylic acids is 1. The monoisotopic (exact) mass is 337 g/mol. The van der Waals surface area contributed by atoms with E-state index in [0.29, 0.717) is 18.5 Å². The molecule has 1 aromatic rings. The van der Waals surface area contributed by atoms with E-state index in [1.54, 1.807) is 0 Å². The second-order valence-electron chi connectivity index (χ2n) is 4.97. The number of amides is 1. The lowest BCUT2D eigenvalue weighted by atomic mass is 9.82. The Morgan fingerprint density at radius 3 is 2.55 bits per heavy atom. The zero-order valence-electron chi connectivity index (χ0n) is 11.1. The van der Waals surface area contributed by atoms with Crippen molar-refractivity contribution < 1.29 is 14.7 Å². The van der Waals surface area contributed by atoms with Gasteiger partial charge in [0.25, 0.3) is 0 Å². The van der Waals surface area contributed by atoms with E-state index in [4.69, 9.17) is 0 Å². The Hall–Kier alpha value is -1.62. The molecule has 5 heteroatoms. The van der Waals surface area contributed by atoms with E-state index < -0.39 is 17.8 Å². The van der Waals surface area contributed by atoms with Crippen LogP contribution in [0.4, 0.5) is 5.69 Å². The number of aryl methyl sites for hydroxylation is 1. The van der Waals surface area contributed by atoms with Gasteiger partial charge in [-0.25, -0.2) is 0 Å². The summed E-state index contributed by atoms with van der Waals surface area (Å²) in [6, 6.07) is 5.65. The standard InChI is InChI=1S/C15H16BrNO3/c1-9-6-7-12(16)13(8-9)17-14(18)10-4-2-3-5-11(10)15(19)20/h2-3,6-8,10-11H,4-5H2,1H3,(H,17,18)(H,19,20)/t10-,11+/m1/s1. The molecule has 0 heterocycles. The van der Waals surface area contributed by atoms with Gasteiger partial charge in [-0.3, -0.25) is 9.59 Å². The number of anilines is 1. The van der Waals surface area contributed by atoms with Gasteiger partial charge in [0.05, 0.1) is 17.5 Å². The van der Waals surface area contributed by atoms with Gasteiger partial charge < -0.3 is 10.4 Å². The molecule has 1 aliphatic carbocycles. The van der Waals surface area contributed by atoms with Crippen LogP contribution in [0.15, 0.2) is 34.8 Å².